The summed E-state index contributed by atoms with van der Waals surface area (Å²) in [6.45, 7) is -0.0128. The molecule has 1 aliphatic rings. The lowest BCUT2D eigenvalue weighted by Gasteiger charge is -2.13. The maximum Gasteiger partial charge on any atom is 0.350 e. The van der Waals surface area contributed by atoms with E-state index >= 15 is 0 Å². The summed E-state index contributed by atoms with van der Waals surface area (Å²) < 4.78 is 4.64. The molecule has 2 heterocycles. The smallest absolute Gasteiger partial charge is 0.350 e. The zero-order valence-electron chi connectivity index (χ0n) is 15.2. The van der Waals surface area contributed by atoms with Gasteiger partial charge in [-0.05, 0) is 23.9 Å². The van der Waals surface area contributed by atoms with Crippen molar-refractivity contribution in [2.75, 3.05) is 19.0 Å². The standard InChI is InChI=1S/C18H15N3O7S/c1-28-18(25)15-13(6-8-29-15)19-14(22)3-2-7-20-16(23)11-5-4-10(21(26)27)9-12(11)17(20)24/h4-6,8-9H,2-3,7H2,1H3,(H,19,22). The molecule has 0 fully saturated rings. The number of hydrogen-bond donors (Lipinski definition) is 1. The third-order valence-corrected chi connectivity index (χ3v) is 5.16. The van der Waals surface area contributed by atoms with Gasteiger partial charge in [-0.25, -0.2) is 4.79 Å². The Morgan fingerprint density at radius 3 is 2.62 bits per heavy atom. The molecule has 10 nitrogen and oxygen atoms in total. The van der Waals surface area contributed by atoms with Crippen LogP contribution in [0.15, 0.2) is 29.6 Å². The molecule has 150 valence electrons. The molecule has 11 heteroatoms. The lowest BCUT2D eigenvalue weighted by molar-refractivity contribution is -0.384. The third-order valence-electron chi connectivity index (χ3n) is 4.26. The van der Waals surface area contributed by atoms with Crippen molar-refractivity contribution in [2.24, 2.45) is 0 Å². The van der Waals surface area contributed by atoms with Crippen molar-refractivity contribution in [1.82, 2.24) is 4.90 Å². The van der Waals surface area contributed by atoms with Crippen LogP contribution in [0.3, 0.4) is 0 Å². The first-order valence-corrected chi connectivity index (χ1v) is 9.31. The van der Waals surface area contributed by atoms with Crippen molar-refractivity contribution in [3.63, 3.8) is 0 Å². The monoisotopic (exact) mass is 417 g/mol. The third kappa shape index (κ3) is 3.99. The Morgan fingerprint density at radius 2 is 1.93 bits per heavy atom. The number of nitro groups is 1. The van der Waals surface area contributed by atoms with Gasteiger partial charge in [-0.15, -0.1) is 11.3 Å². The van der Waals surface area contributed by atoms with Crippen molar-refractivity contribution in [1.29, 1.82) is 0 Å². The van der Waals surface area contributed by atoms with Gasteiger partial charge < -0.3 is 10.1 Å². The molecule has 0 saturated heterocycles. The molecular formula is C18H15N3O7S. The molecule has 0 atom stereocenters. The topological polar surface area (TPSA) is 136 Å². The minimum Gasteiger partial charge on any atom is -0.465 e. The number of carbonyl (C=O) groups excluding carboxylic acids is 4. The number of hydrogen-bond acceptors (Lipinski definition) is 8. The zero-order valence-corrected chi connectivity index (χ0v) is 16.0. The van der Waals surface area contributed by atoms with E-state index in [0.717, 1.165) is 22.3 Å². The number of imide groups is 1. The average molecular weight is 417 g/mol. The Bertz CT molecular complexity index is 1030. The number of nitro benzene ring substituents is 1. The summed E-state index contributed by atoms with van der Waals surface area (Å²) in [6, 6.07) is 5.07. The Kier molecular flexibility index (Phi) is 5.69. The Labute approximate surface area is 168 Å². The summed E-state index contributed by atoms with van der Waals surface area (Å²) >= 11 is 1.13. The highest BCUT2D eigenvalue weighted by atomic mass is 32.1. The Morgan fingerprint density at radius 1 is 1.21 bits per heavy atom. The first kappa shape index (κ1) is 20.1. The molecule has 0 aliphatic carbocycles. The van der Waals surface area contributed by atoms with E-state index in [2.05, 4.69) is 10.1 Å². The Hall–Kier alpha value is -3.60. The number of rotatable bonds is 7. The van der Waals surface area contributed by atoms with Gasteiger partial charge in [0.1, 0.15) is 4.88 Å². The molecule has 1 aromatic heterocycles. The van der Waals surface area contributed by atoms with E-state index in [-0.39, 0.29) is 47.0 Å². The van der Waals surface area contributed by atoms with Gasteiger partial charge in [-0.3, -0.25) is 29.4 Å². The van der Waals surface area contributed by atoms with Crippen LogP contribution in [0.1, 0.15) is 43.2 Å². The molecule has 1 N–H and O–H groups in total. The van der Waals surface area contributed by atoms with E-state index in [9.17, 15) is 29.3 Å². The number of nitrogens with zero attached hydrogens (tertiary/aromatic N) is 2. The van der Waals surface area contributed by atoms with Crippen LogP contribution in [0.5, 0.6) is 0 Å². The number of methoxy groups -OCH3 is 1. The van der Waals surface area contributed by atoms with Gasteiger partial charge in [0.15, 0.2) is 0 Å². The number of carbonyl (C=O) groups is 4. The number of ether oxygens (including phenoxy) is 1. The van der Waals surface area contributed by atoms with Gasteiger partial charge in [-0.1, -0.05) is 0 Å². The van der Waals surface area contributed by atoms with E-state index in [4.69, 9.17) is 0 Å². The van der Waals surface area contributed by atoms with Crippen LogP contribution in [0.25, 0.3) is 0 Å². The molecule has 1 aliphatic heterocycles. The van der Waals surface area contributed by atoms with Crippen molar-refractivity contribution in [2.45, 2.75) is 12.8 Å². The average Bonchev–Trinajstić information content (AvgIpc) is 3.25. The van der Waals surface area contributed by atoms with Crippen molar-refractivity contribution < 1.29 is 28.8 Å². The number of fused-ring (bicyclic) bond motifs is 1. The van der Waals surface area contributed by atoms with Crippen LogP contribution < -0.4 is 5.32 Å². The summed E-state index contributed by atoms with van der Waals surface area (Å²) in [4.78, 5) is 60.0. The molecule has 0 radical (unpaired) electrons. The number of non-ortho nitro benzene ring substituents is 1. The molecule has 3 rings (SSSR count). The van der Waals surface area contributed by atoms with Crippen LogP contribution in [-0.4, -0.2) is 47.2 Å². The van der Waals surface area contributed by atoms with Crippen LogP contribution in [-0.2, 0) is 9.53 Å². The highest BCUT2D eigenvalue weighted by Gasteiger charge is 2.36. The minimum absolute atomic E-state index is 0.00398. The van der Waals surface area contributed by atoms with Crippen molar-refractivity contribution >= 4 is 46.4 Å². The van der Waals surface area contributed by atoms with E-state index in [1.54, 1.807) is 11.4 Å². The van der Waals surface area contributed by atoms with Gasteiger partial charge in [0.05, 0.1) is 28.8 Å². The first-order valence-electron chi connectivity index (χ1n) is 8.43. The van der Waals surface area contributed by atoms with Gasteiger partial charge >= 0.3 is 5.97 Å². The van der Waals surface area contributed by atoms with E-state index in [1.807, 2.05) is 0 Å². The number of amides is 3. The molecule has 1 aromatic carbocycles. The maximum atomic E-state index is 12.4. The first-order chi connectivity index (χ1) is 13.8. The van der Waals surface area contributed by atoms with Gasteiger partial charge in [-0.2, -0.15) is 0 Å². The largest absolute Gasteiger partial charge is 0.465 e. The second-order valence-corrected chi connectivity index (χ2v) is 6.97. The van der Waals surface area contributed by atoms with Crippen LogP contribution in [0.4, 0.5) is 11.4 Å². The summed E-state index contributed by atoms with van der Waals surface area (Å²) in [5.74, 6) is -2.12. The lowest BCUT2D eigenvalue weighted by atomic mass is 10.1. The SMILES string of the molecule is COC(=O)c1sccc1NC(=O)CCCN1C(=O)c2ccc([N+](=O)[O-])cc2C1=O. The molecule has 2 aromatic rings. The van der Waals surface area contributed by atoms with Gasteiger partial charge in [0.25, 0.3) is 17.5 Å². The van der Waals surface area contributed by atoms with E-state index in [0.29, 0.717) is 5.69 Å². The zero-order chi connectivity index (χ0) is 21.1. The predicted molar refractivity (Wildman–Crippen MR) is 102 cm³/mol. The molecular weight excluding hydrogens is 402 g/mol. The normalized spacial score (nSPS) is 12.7. The molecule has 0 spiro atoms. The second-order valence-electron chi connectivity index (χ2n) is 6.06. The van der Waals surface area contributed by atoms with Gasteiger partial charge in [0.2, 0.25) is 5.91 Å². The summed E-state index contributed by atoms with van der Waals surface area (Å²) in [5, 5.41) is 15.1. The number of esters is 1. The summed E-state index contributed by atoms with van der Waals surface area (Å²) in [7, 11) is 1.24. The molecule has 0 unspecified atom stereocenters. The van der Waals surface area contributed by atoms with Crippen LogP contribution in [0.2, 0.25) is 0 Å². The fraction of sp³-hybridized carbons (Fsp3) is 0.222. The second kappa shape index (κ2) is 8.19. The number of benzene rings is 1. The quantitative estimate of drug-likeness (QED) is 0.316. The van der Waals surface area contributed by atoms with Crippen LogP contribution in [0, 0.1) is 10.1 Å². The molecule has 0 saturated carbocycles. The van der Waals surface area contributed by atoms with E-state index < -0.39 is 22.7 Å². The summed E-state index contributed by atoms with van der Waals surface area (Å²) in [6.07, 6.45) is 0.196. The molecule has 29 heavy (non-hydrogen) atoms. The predicted octanol–water partition coefficient (Wildman–Crippen LogP) is 2.46. The van der Waals surface area contributed by atoms with Gasteiger partial charge in [0, 0.05) is 25.1 Å². The minimum atomic E-state index is -0.641. The van der Waals surface area contributed by atoms with Crippen LogP contribution >= 0.6 is 11.3 Å². The maximum absolute atomic E-state index is 12.4. The Balaban J connectivity index is 1.58. The molecule has 3 amide bonds. The number of nitrogens with one attached hydrogen (secondary N) is 1. The van der Waals surface area contributed by atoms with E-state index in [1.165, 1.54) is 19.2 Å². The van der Waals surface area contributed by atoms with Crippen molar-refractivity contribution in [3.8, 4) is 0 Å². The highest BCUT2D eigenvalue weighted by molar-refractivity contribution is 7.12. The number of anilines is 1. The fourth-order valence-electron chi connectivity index (χ4n) is 2.86. The fourth-order valence-corrected chi connectivity index (χ4v) is 3.63. The molecule has 0 bridgehead atoms. The summed E-state index contributed by atoms with van der Waals surface area (Å²) in [5.41, 5.74) is 0.142. The van der Waals surface area contributed by atoms with Crippen molar-refractivity contribution in [3.05, 3.63) is 55.8 Å². The number of thiophene rings is 1. The lowest BCUT2D eigenvalue weighted by Crippen LogP contribution is -2.31. The highest BCUT2D eigenvalue weighted by Crippen LogP contribution is 2.27.